The first-order valence-electron chi connectivity index (χ1n) is 6.32. The van der Waals surface area contributed by atoms with Gasteiger partial charge in [0.1, 0.15) is 0 Å². The molecular formula is C12H24N2. The van der Waals surface area contributed by atoms with Gasteiger partial charge in [0.05, 0.1) is 0 Å². The first-order chi connectivity index (χ1) is 6.86. The maximum atomic E-state index is 5.94. The minimum absolute atomic E-state index is 0.705. The summed E-state index contributed by atoms with van der Waals surface area (Å²) < 4.78 is 0. The quantitative estimate of drug-likeness (QED) is 0.704. The SMILES string of the molecule is CCCN(C1CC1)C(CN)C1CCC1. The monoisotopic (exact) mass is 196 g/mol. The maximum Gasteiger partial charge on any atom is 0.0249 e. The van der Waals surface area contributed by atoms with Crippen LogP contribution in [0.2, 0.25) is 0 Å². The zero-order valence-corrected chi connectivity index (χ0v) is 9.41. The summed E-state index contributed by atoms with van der Waals surface area (Å²) in [5.41, 5.74) is 5.94. The molecule has 0 heterocycles. The fourth-order valence-corrected chi connectivity index (χ4v) is 2.71. The molecule has 2 saturated carbocycles. The molecule has 0 saturated heterocycles. The van der Waals surface area contributed by atoms with E-state index in [1.165, 1.54) is 45.1 Å². The lowest BCUT2D eigenvalue weighted by molar-refractivity contribution is 0.0934. The van der Waals surface area contributed by atoms with Crippen molar-refractivity contribution in [2.24, 2.45) is 11.7 Å². The molecule has 0 amide bonds. The van der Waals surface area contributed by atoms with Gasteiger partial charge < -0.3 is 5.73 Å². The van der Waals surface area contributed by atoms with Crippen LogP contribution in [0.25, 0.3) is 0 Å². The summed E-state index contributed by atoms with van der Waals surface area (Å²) in [5.74, 6) is 0.923. The number of hydrogen-bond donors (Lipinski definition) is 1. The van der Waals surface area contributed by atoms with E-state index in [2.05, 4.69) is 11.8 Å². The highest BCUT2D eigenvalue weighted by atomic mass is 15.2. The Kier molecular flexibility index (Phi) is 3.45. The number of nitrogens with zero attached hydrogens (tertiary/aromatic N) is 1. The van der Waals surface area contributed by atoms with Crippen LogP contribution in [0.1, 0.15) is 45.4 Å². The Labute approximate surface area is 87.8 Å². The van der Waals surface area contributed by atoms with Gasteiger partial charge in [0.15, 0.2) is 0 Å². The first kappa shape index (κ1) is 10.4. The van der Waals surface area contributed by atoms with Crippen molar-refractivity contribution in [2.75, 3.05) is 13.1 Å². The fourth-order valence-electron chi connectivity index (χ4n) is 2.71. The van der Waals surface area contributed by atoms with E-state index in [4.69, 9.17) is 5.73 Å². The molecule has 1 unspecified atom stereocenters. The average Bonchev–Trinajstić information content (AvgIpc) is 2.90. The zero-order valence-electron chi connectivity index (χ0n) is 9.41. The lowest BCUT2D eigenvalue weighted by Crippen LogP contribution is -2.49. The van der Waals surface area contributed by atoms with Crippen molar-refractivity contribution in [1.29, 1.82) is 0 Å². The molecule has 0 radical (unpaired) electrons. The first-order valence-corrected chi connectivity index (χ1v) is 6.32. The molecule has 0 aromatic carbocycles. The van der Waals surface area contributed by atoms with Gasteiger partial charge in [-0.25, -0.2) is 0 Å². The van der Waals surface area contributed by atoms with Crippen LogP contribution in [0, 0.1) is 5.92 Å². The Hall–Kier alpha value is -0.0800. The molecule has 0 aromatic rings. The van der Waals surface area contributed by atoms with Crippen LogP contribution in [0.4, 0.5) is 0 Å². The van der Waals surface area contributed by atoms with Crippen molar-refractivity contribution in [2.45, 2.75) is 57.5 Å². The standard InChI is InChI=1S/C12H24N2/c1-2-8-14(11-6-7-11)12(9-13)10-4-3-5-10/h10-12H,2-9,13H2,1H3. The van der Waals surface area contributed by atoms with E-state index in [0.29, 0.717) is 6.04 Å². The molecule has 2 aliphatic carbocycles. The molecule has 0 aromatic heterocycles. The van der Waals surface area contributed by atoms with Crippen LogP contribution >= 0.6 is 0 Å². The molecule has 2 aliphatic rings. The van der Waals surface area contributed by atoms with Gasteiger partial charge in [-0.3, -0.25) is 4.90 Å². The Morgan fingerprint density at radius 3 is 2.36 bits per heavy atom. The third-order valence-corrected chi connectivity index (χ3v) is 3.86. The molecule has 0 bridgehead atoms. The van der Waals surface area contributed by atoms with Crippen LogP contribution in [-0.4, -0.2) is 30.1 Å². The van der Waals surface area contributed by atoms with Gasteiger partial charge in [-0.2, -0.15) is 0 Å². The van der Waals surface area contributed by atoms with E-state index in [1.807, 2.05) is 0 Å². The van der Waals surface area contributed by atoms with E-state index in [9.17, 15) is 0 Å². The van der Waals surface area contributed by atoms with Crippen molar-refractivity contribution < 1.29 is 0 Å². The molecule has 2 rings (SSSR count). The molecule has 0 spiro atoms. The Morgan fingerprint density at radius 1 is 1.29 bits per heavy atom. The largest absolute Gasteiger partial charge is 0.329 e. The summed E-state index contributed by atoms with van der Waals surface area (Å²) in [6.07, 6.45) is 8.40. The van der Waals surface area contributed by atoms with Crippen molar-refractivity contribution >= 4 is 0 Å². The van der Waals surface area contributed by atoms with Gasteiger partial charge in [0, 0.05) is 18.6 Å². The summed E-state index contributed by atoms with van der Waals surface area (Å²) in [5, 5.41) is 0. The summed E-state index contributed by atoms with van der Waals surface area (Å²) in [7, 11) is 0. The van der Waals surface area contributed by atoms with Crippen LogP contribution in [0.15, 0.2) is 0 Å². The van der Waals surface area contributed by atoms with Crippen molar-refractivity contribution in [3.8, 4) is 0 Å². The Balaban J connectivity index is 1.90. The van der Waals surface area contributed by atoms with Crippen LogP contribution in [0.3, 0.4) is 0 Å². The van der Waals surface area contributed by atoms with Gasteiger partial charge in [0.25, 0.3) is 0 Å². The number of nitrogens with two attached hydrogens (primary N) is 1. The minimum Gasteiger partial charge on any atom is -0.329 e. The molecule has 2 N–H and O–H groups in total. The van der Waals surface area contributed by atoms with Crippen molar-refractivity contribution in [3.05, 3.63) is 0 Å². The van der Waals surface area contributed by atoms with Gasteiger partial charge in [-0.15, -0.1) is 0 Å². The molecule has 2 heteroatoms. The van der Waals surface area contributed by atoms with Gasteiger partial charge >= 0.3 is 0 Å². The fraction of sp³-hybridized carbons (Fsp3) is 1.00. The second-order valence-electron chi connectivity index (χ2n) is 4.96. The highest BCUT2D eigenvalue weighted by Gasteiger charge is 2.37. The van der Waals surface area contributed by atoms with E-state index < -0.39 is 0 Å². The van der Waals surface area contributed by atoms with Crippen LogP contribution < -0.4 is 5.73 Å². The van der Waals surface area contributed by atoms with Gasteiger partial charge in [-0.1, -0.05) is 13.3 Å². The van der Waals surface area contributed by atoms with Crippen LogP contribution in [-0.2, 0) is 0 Å². The molecule has 1 atom stereocenters. The zero-order chi connectivity index (χ0) is 9.97. The maximum absolute atomic E-state index is 5.94. The highest BCUT2D eigenvalue weighted by Crippen LogP contribution is 2.37. The third kappa shape index (κ3) is 2.12. The van der Waals surface area contributed by atoms with Crippen LogP contribution in [0.5, 0.6) is 0 Å². The van der Waals surface area contributed by atoms with Crippen molar-refractivity contribution in [1.82, 2.24) is 4.90 Å². The second kappa shape index (κ2) is 4.63. The summed E-state index contributed by atoms with van der Waals surface area (Å²) in [4.78, 5) is 2.71. The number of rotatable bonds is 6. The molecule has 0 aliphatic heterocycles. The number of hydrogen-bond acceptors (Lipinski definition) is 2. The third-order valence-electron chi connectivity index (χ3n) is 3.86. The Bertz CT molecular complexity index is 173. The Morgan fingerprint density at radius 2 is 2.00 bits per heavy atom. The molecule has 2 nitrogen and oxygen atoms in total. The predicted molar refractivity (Wildman–Crippen MR) is 60.2 cm³/mol. The predicted octanol–water partition coefficient (Wildman–Crippen LogP) is 1.99. The minimum atomic E-state index is 0.705. The van der Waals surface area contributed by atoms with Crippen molar-refractivity contribution in [3.63, 3.8) is 0 Å². The van der Waals surface area contributed by atoms with E-state index in [0.717, 1.165) is 18.5 Å². The highest BCUT2D eigenvalue weighted by molar-refractivity contribution is 4.93. The second-order valence-corrected chi connectivity index (χ2v) is 4.96. The lowest BCUT2D eigenvalue weighted by atomic mass is 9.79. The van der Waals surface area contributed by atoms with E-state index in [1.54, 1.807) is 0 Å². The van der Waals surface area contributed by atoms with E-state index in [-0.39, 0.29) is 0 Å². The van der Waals surface area contributed by atoms with Gasteiger partial charge in [-0.05, 0) is 44.6 Å². The summed E-state index contributed by atoms with van der Waals surface area (Å²) in [6, 6.07) is 1.60. The molecule has 14 heavy (non-hydrogen) atoms. The topological polar surface area (TPSA) is 29.3 Å². The smallest absolute Gasteiger partial charge is 0.0249 e. The molecule has 82 valence electrons. The normalized spacial score (nSPS) is 25.1. The molecular weight excluding hydrogens is 172 g/mol. The lowest BCUT2D eigenvalue weighted by Gasteiger charge is -2.41. The molecule has 2 fully saturated rings. The average molecular weight is 196 g/mol. The summed E-state index contributed by atoms with van der Waals surface area (Å²) in [6.45, 7) is 4.42. The summed E-state index contributed by atoms with van der Waals surface area (Å²) >= 11 is 0. The van der Waals surface area contributed by atoms with Gasteiger partial charge in [0.2, 0.25) is 0 Å². The van der Waals surface area contributed by atoms with E-state index >= 15 is 0 Å².